The quantitative estimate of drug-likeness (QED) is 0.718. The number of anilines is 1. The van der Waals surface area contributed by atoms with Crippen molar-refractivity contribution in [1.29, 1.82) is 0 Å². The van der Waals surface area contributed by atoms with Crippen molar-refractivity contribution in [3.05, 3.63) is 59.2 Å². The Labute approximate surface area is 139 Å². The van der Waals surface area contributed by atoms with Gasteiger partial charge in [0.05, 0.1) is 11.8 Å². The molecule has 5 heteroatoms. The van der Waals surface area contributed by atoms with E-state index in [1.807, 2.05) is 50.2 Å². The van der Waals surface area contributed by atoms with Crippen LogP contribution in [0.1, 0.15) is 24.3 Å². The topological polar surface area (TPSA) is 54.1 Å². The van der Waals surface area contributed by atoms with Gasteiger partial charge in [-0.3, -0.25) is 4.79 Å². The molecule has 1 aromatic heterocycles. The number of carbonyl (C=O) groups excluding carboxylic acids is 1. The maximum atomic E-state index is 12.5. The van der Waals surface area contributed by atoms with Crippen LogP contribution in [0.2, 0.25) is 5.02 Å². The van der Waals surface area contributed by atoms with Crippen molar-refractivity contribution < 1.29 is 9.53 Å². The van der Waals surface area contributed by atoms with Crippen LogP contribution in [0.3, 0.4) is 0 Å². The molecule has 2 aromatic carbocycles. The first-order valence-corrected chi connectivity index (χ1v) is 7.76. The molecule has 0 spiro atoms. The number of para-hydroxylation sites is 2. The summed E-state index contributed by atoms with van der Waals surface area (Å²) >= 11 is 5.98. The molecule has 3 rings (SSSR count). The van der Waals surface area contributed by atoms with E-state index in [1.165, 1.54) is 0 Å². The Morgan fingerprint density at radius 1 is 1.17 bits per heavy atom. The molecule has 0 aliphatic rings. The number of amides is 1. The van der Waals surface area contributed by atoms with E-state index in [-0.39, 0.29) is 12.0 Å². The number of fused-ring (bicyclic) bond motifs is 1. The lowest BCUT2D eigenvalue weighted by atomic mass is 10.2. The zero-order chi connectivity index (χ0) is 16.4. The number of hydrogen-bond donors (Lipinski definition) is 2. The summed E-state index contributed by atoms with van der Waals surface area (Å²) in [6, 6.07) is 14.6. The van der Waals surface area contributed by atoms with E-state index >= 15 is 0 Å². The van der Waals surface area contributed by atoms with Crippen LogP contribution < -0.4 is 10.1 Å². The fraction of sp³-hybridized carbons (Fsp3) is 0.167. The molecule has 0 fully saturated rings. The molecule has 4 nitrogen and oxygen atoms in total. The minimum absolute atomic E-state index is 0.0308. The number of H-pyrrole nitrogens is 1. The third kappa shape index (κ3) is 3.48. The van der Waals surface area contributed by atoms with Gasteiger partial charge in [-0.15, -0.1) is 0 Å². The number of benzene rings is 2. The molecule has 1 amide bonds. The Morgan fingerprint density at radius 3 is 2.74 bits per heavy atom. The summed E-state index contributed by atoms with van der Waals surface area (Å²) in [6.45, 7) is 3.89. The van der Waals surface area contributed by atoms with Gasteiger partial charge >= 0.3 is 0 Å². The second-order valence-corrected chi connectivity index (χ2v) is 5.97. The highest BCUT2D eigenvalue weighted by Crippen LogP contribution is 2.26. The van der Waals surface area contributed by atoms with Crippen LogP contribution in [0.4, 0.5) is 5.69 Å². The van der Waals surface area contributed by atoms with Gasteiger partial charge < -0.3 is 15.0 Å². The summed E-state index contributed by atoms with van der Waals surface area (Å²) < 4.78 is 5.71. The molecule has 0 saturated heterocycles. The molecule has 0 saturated carbocycles. The molecular weight excluding hydrogens is 312 g/mol. The maximum absolute atomic E-state index is 12.5. The van der Waals surface area contributed by atoms with Gasteiger partial charge in [0.25, 0.3) is 5.91 Å². The lowest BCUT2D eigenvalue weighted by molar-refractivity contribution is 0.102. The Bertz CT molecular complexity index is 855. The number of halogens is 1. The van der Waals surface area contributed by atoms with Crippen LogP contribution in [0, 0.1) is 0 Å². The van der Waals surface area contributed by atoms with E-state index in [0.717, 1.165) is 10.9 Å². The Kier molecular flexibility index (Phi) is 4.26. The normalized spacial score (nSPS) is 11.0. The number of ether oxygens (including phenoxy) is 1. The summed E-state index contributed by atoms with van der Waals surface area (Å²) in [6.07, 6.45) is 0.0308. The minimum Gasteiger partial charge on any atom is -0.489 e. The third-order valence-corrected chi connectivity index (χ3v) is 3.56. The van der Waals surface area contributed by atoms with Crippen molar-refractivity contribution in [3.63, 3.8) is 0 Å². The smallest absolute Gasteiger partial charge is 0.272 e. The molecule has 0 unspecified atom stereocenters. The van der Waals surface area contributed by atoms with Gasteiger partial charge in [0.1, 0.15) is 11.4 Å². The van der Waals surface area contributed by atoms with Crippen molar-refractivity contribution in [3.8, 4) is 5.75 Å². The summed E-state index contributed by atoms with van der Waals surface area (Å²) in [5, 5.41) is 4.42. The van der Waals surface area contributed by atoms with Gasteiger partial charge in [-0.25, -0.2) is 0 Å². The molecule has 2 N–H and O–H groups in total. The molecule has 118 valence electrons. The van der Waals surface area contributed by atoms with Crippen molar-refractivity contribution in [2.75, 3.05) is 5.32 Å². The van der Waals surface area contributed by atoms with E-state index in [0.29, 0.717) is 22.2 Å². The van der Waals surface area contributed by atoms with Gasteiger partial charge in [0.2, 0.25) is 0 Å². The largest absolute Gasteiger partial charge is 0.489 e. The number of aromatic nitrogens is 1. The number of nitrogens with one attached hydrogen (secondary N) is 2. The van der Waals surface area contributed by atoms with Crippen LogP contribution in [0.25, 0.3) is 10.9 Å². The molecule has 0 bridgehead atoms. The molecule has 1 heterocycles. The SMILES string of the molecule is CC(C)Oc1ccccc1NC(=O)c1cc2cc(Cl)ccc2[nH]1. The van der Waals surface area contributed by atoms with Gasteiger partial charge in [-0.05, 0) is 50.2 Å². The van der Waals surface area contributed by atoms with E-state index in [4.69, 9.17) is 16.3 Å². The average molecular weight is 329 g/mol. The Balaban J connectivity index is 1.86. The van der Waals surface area contributed by atoms with Crippen molar-refractivity contribution >= 4 is 34.1 Å². The maximum Gasteiger partial charge on any atom is 0.272 e. The summed E-state index contributed by atoms with van der Waals surface area (Å²) in [5.41, 5.74) is 1.98. The summed E-state index contributed by atoms with van der Waals surface area (Å²) in [5.74, 6) is 0.423. The Hall–Kier alpha value is -2.46. The van der Waals surface area contributed by atoms with E-state index in [2.05, 4.69) is 10.3 Å². The minimum atomic E-state index is -0.225. The highest BCUT2D eigenvalue weighted by Gasteiger charge is 2.13. The molecule has 0 aliphatic carbocycles. The zero-order valence-electron chi connectivity index (χ0n) is 12.9. The number of hydrogen-bond acceptors (Lipinski definition) is 2. The lowest BCUT2D eigenvalue weighted by Gasteiger charge is -2.14. The summed E-state index contributed by atoms with van der Waals surface area (Å²) in [7, 11) is 0. The number of carbonyl (C=O) groups is 1. The van der Waals surface area contributed by atoms with Gasteiger partial charge in [0.15, 0.2) is 0 Å². The zero-order valence-corrected chi connectivity index (χ0v) is 13.6. The highest BCUT2D eigenvalue weighted by atomic mass is 35.5. The van der Waals surface area contributed by atoms with E-state index < -0.39 is 0 Å². The average Bonchev–Trinajstić information content (AvgIpc) is 2.92. The first kappa shape index (κ1) is 15.4. The molecule has 3 aromatic rings. The van der Waals surface area contributed by atoms with Gasteiger partial charge in [-0.2, -0.15) is 0 Å². The highest BCUT2D eigenvalue weighted by molar-refractivity contribution is 6.31. The predicted molar refractivity (Wildman–Crippen MR) is 93.5 cm³/mol. The van der Waals surface area contributed by atoms with Gasteiger partial charge in [0, 0.05) is 15.9 Å². The lowest BCUT2D eigenvalue weighted by Crippen LogP contribution is -2.14. The van der Waals surface area contributed by atoms with Crippen LogP contribution in [0.15, 0.2) is 48.5 Å². The van der Waals surface area contributed by atoms with Crippen molar-refractivity contribution in [2.24, 2.45) is 0 Å². The fourth-order valence-corrected chi connectivity index (χ4v) is 2.52. The first-order chi connectivity index (χ1) is 11.0. The van der Waals surface area contributed by atoms with Gasteiger partial charge in [-0.1, -0.05) is 23.7 Å². The van der Waals surface area contributed by atoms with Crippen LogP contribution in [-0.4, -0.2) is 17.0 Å². The van der Waals surface area contributed by atoms with E-state index in [9.17, 15) is 4.79 Å². The first-order valence-electron chi connectivity index (χ1n) is 7.38. The van der Waals surface area contributed by atoms with E-state index in [1.54, 1.807) is 12.1 Å². The van der Waals surface area contributed by atoms with Crippen LogP contribution in [-0.2, 0) is 0 Å². The van der Waals surface area contributed by atoms with Crippen molar-refractivity contribution in [1.82, 2.24) is 4.98 Å². The van der Waals surface area contributed by atoms with Crippen molar-refractivity contribution in [2.45, 2.75) is 20.0 Å². The van der Waals surface area contributed by atoms with Crippen LogP contribution >= 0.6 is 11.6 Å². The number of aromatic amines is 1. The third-order valence-electron chi connectivity index (χ3n) is 3.33. The second kappa shape index (κ2) is 6.34. The second-order valence-electron chi connectivity index (χ2n) is 5.53. The Morgan fingerprint density at radius 2 is 1.96 bits per heavy atom. The van der Waals surface area contributed by atoms with Crippen LogP contribution in [0.5, 0.6) is 5.75 Å². The molecular formula is C18H17ClN2O2. The number of rotatable bonds is 4. The molecule has 0 atom stereocenters. The standard InChI is InChI=1S/C18H17ClN2O2/c1-11(2)23-17-6-4-3-5-15(17)21-18(22)16-10-12-9-13(19)7-8-14(12)20-16/h3-11,20H,1-2H3,(H,21,22). The predicted octanol–water partition coefficient (Wildman–Crippen LogP) is 4.86. The molecule has 0 radical (unpaired) electrons. The summed E-state index contributed by atoms with van der Waals surface area (Å²) in [4.78, 5) is 15.6. The molecule has 23 heavy (non-hydrogen) atoms. The monoisotopic (exact) mass is 328 g/mol. The molecule has 0 aliphatic heterocycles. The fourth-order valence-electron chi connectivity index (χ4n) is 2.34.